The smallest absolute Gasteiger partial charge is 0.123 e. The zero-order valence-corrected chi connectivity index (χ0v) is 7.85. The highest BCUT2D eigenvalue weighted by Crippen LogP contribution is 2.39. The summed E-state index contributed by atoms with van der Waals surface area (Å²) in [5.74, 6) is 0.770. The molecule has 50 valence electrons. The summed E-state index contributed by atoms with van der Waals surface area (Å²) in [6, 6.07) is 0. The van der Waals surface area contributed by atoms with Gasteiger partial charge in [0.25, 0.3) is 0 Å². The molecule has 2 atom stereocenters. The Morgan fingerprint density at radius 1 is 1.44 bits per heavy atom. The van der Waals surface area contributed by atoms with E-state index in [0.717, 1.165) is 16.1 Å². The zero-order chi connectivity index (χ0) is 6.85. The van der Waals surface area contributed by atoms with Gasteiger partial charge in [0.05, 0.1) is 3.39 Å². The van der Waals surface area contributed by atoms with Crippen molar-refractivity contribution < 1.29 is 4.79 Å². The third-order valence-corrected chi connectivity index (χ3v) is 1.93. The van der Waals surface area contributed by atoms with E-state index in [9.17, 15) is 4.79 Å². The largest absolute Gasteiger partial charge is 0.303 e. The minimum absolute atomic E-state index is 0.287. The Bertz CT molecular complexity index is 149. The summed E-state index contributed by atoms with van der Waals surface area (Å²) in [6.07, 6.45) is 4.05. The number of carbonyl (C=O) groups is 1. The fraction of sp³-hybridized carbons (Fsp3) is 0.500. The molecule has 0 bridgehead atoms. The molecule has 0 saturated heterocycles. The van der Waals surface area contributed by atoms with Crippen LogP contribution in [0.2, 0.25) is 0 Å². The summed E-state index contributed by atoms with van der Waals surface area (Å²) >= 11 is 6.47. The summed E-state index contributed by atoms with van der Waals surface area (Å²) in [5, 5.41) is 0. The first-order chi connectivity index (χ1) is 4.24. The van der Waals surface area contributed by atoms with Gasteiger partial charge >= 0.3 is 0 Å². The van der Waals surface area contributed by atoms with Gasteiger partial charge in [-0.05, 0) is 44.2 Å². The van der Waals surface area contributed by atoms with Crippen LogP contribution in [0.3, 0.4) is 0 Å². The molecule has 0 aliphatic heterocycles. The normalized spacial score (nSPS) is 31.3. The first-order valence-electron chi connectivity index (χ1n) is 2.72. The third kappa shape index (κ3) is 2.22. The van der Waals surface area contributed by atoms with Crippen LogP contribution in [0.25, 0.3) is 0 Å². The fourth-order valence-corrected chi connectivity index (χ4v) is 1.42. The standard InChI is InChI=1S/C6H6Br2O/c7-6(8)2-4-1-5(4)3-9/h2-5H,1H2. The van der Waals surface area contributed by atoms with Crippen molar-refractivity contribution in [3.8, 4) is 0 Å². The van der Waals surface area contributed by atoms with Crippen molar-refractivity contribution in [2.75, 3.05) is 0 Å². The van der Waals surface area contributed by atoms with E-state index >= 15 is 0 Å². The zero-order valence-electron chi connectivity index (χ0n) is 4.68. The van der Waals surface area contributed by atoms with Crippen LogP contribution in [-0.2, 0) is 4.79 Å². The number of rotatable bonds is 2. The molecular formula is C6H6Br2O. The van der Waals surface area contributed by atoms with Crippen molar-refractivity contribution >= 4 is 38.1 Å². The van der Waals surface area contributed by atoms with Crippen LogP contribution < -0.4 is 0 Å². The predicted molar refractivity (Wildman–Crippen MR) is 43.6 cm³/mol. The molecule has 1 aliphatic rings. The second-order valence-corrected chi connectivity index (χ2v) is 4.93. The minimum atomic E-state index is 0.287. The van der Waals surface area contributed by atoms with E-state index < -0.39 is 0 Å². The second kappa shape index (κ2) is 2.97. The van der Waals surface area contributed by atoms with Gasteiger partial charge in [0.1, 0.15) is 6.29 Å². The average molecular weight is 254 g/mol. The van der Waals surface area contributed by atoms with E-state index in [-0.39, 0.29) is 5.92 Å². The maximum Gasteiger partial charge on any atom is 0.123 e. The predicted octanol–water partition coefficient (Wildman–Crippen LogP) is 2.45. The summed E-state index contributed by atoms with van der Waals surface area (Å²) in [4.78, 5) is 10.1. The molecule has 1 fully saturated rings. The highest BCUT2D eigenvalue weighted by molar-refractivity contribution is 9.28. The SMILES string of the molecule is O=CC1CC1C=C(Br)Br. The summed E-state index contributed by atoms with van der Waals surface area (Å²) < 4.78 is 0.948. The second-order valence-electron chi connectivity index (χ2n) is 2.16. The lowest BCUT2D eigenvalue weighted by Crippen LogP contribution is -1.77. The minimum Gasteiger partial charge on any atom is -0.303 e. The van der Waals surface area contributed by atoms with E-state index in [1.165, 1.54) is 0 Å². The van der Waals surface area contributed by atoms with Gasteiger partial charge < -0.3 is 4.79 Å². The number of hydrogen-bond donors (Lipinski definition) is 0. The number of halogens is 2. The highest BCUT2D eigenvalue weighted by Gasteiger charge is 2.34. The molecule has 9 heavy (non-hydrogen) atoms. The average Bonchev–Trinajstić information content (AvgIpc) is 2.45. The van der Waals surface area contributed by atoms with Gasteiger partial charge in [-0.3, -0.25) is 0 Å². The molecule has 3 heteroatoms. The highest BCUT2D eigenvalue weighted by atomic mass is 79.9. The van der Waals surface area contributed by atoms with E-state index in [2.05, 4.69) is 31.9 Å². The molecule has 0 heterocycles. The third-order valence-electron chi connectivity index (χ3n) is 1.41. The number of carbonyl (C=O) groups excluding carboxylic acids is 1. The molecule has 1 rings (SSSR count). The lowest BCUT2D eigenvalue weighted by Gasteiger charge is -1.81. The number of allylic oxidation sites excluding steroid dienone is 1. The Morgan fingerprint density at radius 2 is 2.11 bits per heavy atom. The Hall–Kier alpha value is 0.370. The van der Waals surface area contributed by atoms with E-state index in [4.69, 9.17) is 0 Å². The van der Waals surface area contributed by atoms with Crippen molar-refractivity contribution in [2.24, 2.45) is 11.8 Å². The number of hydrogen-bond acceptors (Lipinski definition) is 1. The summed E-state index contributed by atoms with van der Waals surface area (Å²) in [6.45, 7) is 0. The number of aldehydes is 1. The van der Waals surface area contributed by atoms with Gasteiger partial charge in [-0.1, -0.05) is 6.08 Å². The van der Waals surface area contributed by atoms with Crippen LogP contribution in [0.5, 0.6) is 0 Å². The maximum atomic E-state index is 10.1. The van der Waals surface area contributed by atoms with Gasteiger partial charge in [-0.25, -0.2) is 0 Å². The molecule has 0 N–H and O–H groups in total. The van der Waals surface area contributed by atoms with Crippen LogP contribution in [-0.4, -0.2) is 6.29 Å². The molecule has 0 amide bonds. The molecular weight excluding hydrogens is 248 g/mol. The molecule has 0 aromatic rings. The Labute approximate surface area is 70.8 Å². The molecule has 0 aromatic carbocycles. The molecule has 0 aromatic heterocycles. The first-order valence-corrected chi connectivity index (χ1v) is 4.30. The molecule has 0 radical (unpaired) electrons. The Balaban J connectivity index is 2.35. The van der Waals surface area contributed by atoms with E-state index in [1.54, 1.807) is 0 Å². The Kier molecular flexibility index (Phi) is 2.47. The van der Waals surface area contributed by atoms with Crippen LogP contribution in [0.15, 0.2) is 9.47 Å². The molecule has 1 aliphatic carbocycles. The fourth-order valence-electron chi connectivity index (χ4n) is 0.746. The van der Waals surface area contributed by atoms with Crippen molar-refractivity contribution in [3.63, 3.8) is 0 Å². The van der Waals surface area contributed by atoms with Gasteiger partial charge in [0.15, 0.2) is 0 Å². The molecule has 1 saturated carbocycles. The molecule has 1 nitrogen and oxygen atoms in total. The van der Waals surface area contributed by atoms with Crippen LogP contribution in [0, 0.1) is 11.8 Å². The van der Waals surface area contributed by atoms with Gasteiger partial charge in [0.2, 0.25) is 0 Å². The first kappa shape index (κ1) is 7.48. The van der Waals surface area contributed by atoms with Gasteiger partial charge in [-0.2, -0.15) is 0 Å². The van der Waals surface area contributed by atoms with Crippen LogP contribution >= 0.6 is 31.9 Å². The molecule has 2 unspecified atom stereocenters. The maximum absolute atomic E-state index is 10.1. The summed E-state index contributed by atoms with van der Waals surface area (Å²) in [7, 11) is 0. The van der Waals surface area contributed by atoms with Crippen molar-refractivity contribution in [3.05, 3.63) is 9.47 Å². The monoisotopic (exact) mass is 252 g/mol. The lowest BCUT2D eigenvalue weighted by molar-refractivity contribution is -0.109. The summed E-state index contributed by atoms with van der Waals surface area (Å²) in [5.41, 5.74) is 0. The van der Waals surface area contributed by atoms with E-state index in [1.807, 2.05) is 6.08 Å². The van der Waals surface area contributed by atoms with Crippen LogP contribution in [0.4, 0.5) is 0 Å². The topological polar surface area (TPSA) is 17.1 Å². The molecule has 0 spiro atoms. The van der Waals surface area contributed by atoms with Gasteiger partial charge in [0, 0.05) is 5.92 Å². The van der Waals surface area contributed by atoms with Crippen molar-refractivity contribution in [2.45, 2.75) is 6.42 Å². The van der Waals surface area contributed by atoms with Gasteiger partial charge in [-0.15, -0.1) is 0 Å². The van der Waals surface area contributed by atoms with Crippen molar-refractivity contribution in [1.82, 2.24) is 0 Å². The Morgan fingerprint density at radius 3 is 2.44 bits per heavy atom. The van der Waals surface area contributed by atoms with Crippen molar-refractivity contribution in [1.29, 1.82) is 0 Å². The quantitative estimate of drug-likeness (QED) is 0.691. The van der Waals surface area contributed by atoms with Crippen LogP contribution in [0.1, 0.15) is 6.42 Å². The van der Waals surface area contributed by atoms with E-state index in [0.29, 0.717) is 5.92 Å². The lowest BCUT2D eigenvalue weighted by atomic mass is 10.3.